The van der Waals surface area contributed by atoms with Gasteiger partial charge < -0.3 is 5.32 Å². The van der Waals surface area contributed by atoms with Crippen molar-refractivity contribution >= 4 is 0 Å². The van der Waals surface area contributed by atoms with Crippen LogP contribution >= 0.6 is 0 Å². The summed E-state index contributed by atoms with van der Waals surface area (Å²) in [4.78, 5) is 0. The molecule has 1 unspecified atom stereocenters. The molecule has 1 saturated carbocycles. The van der Waals surface area contributed by atoms with Crippen LogP contribution in [0.5, 0.6) is 0 Å². The molecule has 0 radical (unpaired) electrons. The summed E-state index contributed by atoms with van der Waals surface area (Å²) in [5, 5.41) is 12.5. The largest absolute Gasteiger partial charge is 0.314 e. The van der Waals surface area contributed by atoms with Crippen molar-refractivity contribution in [2.24, 2.45) is 11.3 Å². The number of nitriles is 1. The number of nitrogens with zero attached hydrogens (tertiary/aromatic N) is 1. The van der Waals surface area contributed by atoms with Gasteiger partial charge in [0.1, 0.15) is 0 Å². The Bertz CT molecular complexity index is 223. The summed E-state index contributed by atoms with van der Waals surface area (Å²) in [5.74, 6) is 0.992. The molecule has 0 bridgehead atoms. The lowest BCUT2D eigenvalue weighted by Crippen LogP contribution is -2.31. The molecule has 2 nitrogen and oxygen atoms in total. The number of rotatable bonds is 7. The molecular formula is C13H24N2. The maximum absolute atomic E-state index is 8.89. The van der Waals surface area contributed by atoms with Gasteiger partial charge in [0.25, 0.3) is 0 Å². The summed E-state index contributed by atoms with van der Waals surface area (Å²) in [6.45, 7) is 7.24. The lowest BCUT2D eigenvalue weighted by molar-refractivity contribution is 0.385. The molecule has 1 atom stereocenters. The van der Waals surface area contributed by atoms with E-state index in [4.69, 9.17) is 5.26 Å². The van der Waals surface area contributed by atoms with E-state index in [1.807, 2.05) is 13.8 Å². The van der Waals surface area contributed by atoms with Gasteiger partial charge >= 0.3 is 0 Å². The van der Waals surface area contributed by atoms with Gasteiger partial charge in [-0.25, -0.2) is 0 Å². The van der Waals surface area contributed by atoms with E-state index in [1.54, 1.807) is 0 Å². The first-order valence-corrected chi connectivity index (χ1v) is 6.22. The third-order valence-electron chi connectivity index (χ3n) is 3.29. The Morgan fingerprint density at radius 1 is 1.47 bits per heavy atom. The molecule has 0 aromatic carbocycles. The van der Waals surface area contributed by atoms with Crippen LogP contribution in [0.2, 0.25) is 0 Å². The molecule has 0 aliphatic heterocycles. The normalized spacial score (nSPS) is 18.5. The van der Waals surface area contributed by atoms with Gasteiger partial charge in [0.15, 0.2) is 0 Å². The van der Waals surface area contributed by atoms with E-state index in [0.29, 0.717) is 6.04 Å². The molecule has 0 saturated heterocycles. The monoisotopic (exact) mass is 208 g/mol. The van der Waals surface area contributed by atoms with Crippen LogP contribution in [0.3, 0.4) is 0 Å². The first kappa shape index (κ1) is 12.5. The number of nitrogens with one attached hydrogen (secondary N) is 1. The van der Waals surface area contributed by atoms with Crippen LogP contribution in [0.1, 0.15) is 52.9 Å². The van der Waals surface area contributed by atoms with Crippen LogP contribution in [0.4, 0.5) is 0 Å². The highest BCUT2D eigenvalue weighted by atomic mass is 14.9. The smallest absolute Gasteiger partial charge is 0.0684 e. The second-order valence-electron chi connectivity index (χ2n) is 5.48. The second kappa shape index (κ2) is 5.51. The molecule has 2 heteroatoms. The van der Waals surface area contributed by atoms with E-state index >= 15 is 0 Å². The fourth-order valence-electron chi connectivity index (χ4n) is 1.79. The number of hydrogen-bond donors (Lipinski definition) is 1. The fourth-order valence-corrected chi connectivity index (χ4v) is 1.79. The Morgan fingerprint density at radius 3 is 2.60 bits per heavy atom. The molecule has 0 heterocycles. The van der Waals surface area contributed by atoms with E-state index in [2.05, 4.69) is 18.3 Å². The second-order valence-corrected chi connectivity index (χ2v) is 5.48. The van der Waals surface area contributed by atoms with E-state index < -0.39 is 0 Å². The Kier molecular flexibility index (Phi) is 4.60. The molecule has 1 aliphatic carbocycles. The summed E-state index contributed by atoms with van der Waals surface area (Å²) < 4.78 is 0. The fraction of sp³-hybridized carbons (Fsp3) is 0.923. The third-order valence-corrected chi connectivity index (χ3v) is 3.29. The molecule has 86 valence electrons. The lowest BCUT2D eigenvalue weighted by atomic mass is 9.91. The van der Waals surface area contributed by atoms with E-state index in [0.717, 1.165) is 18.9 Å². The molecule has 15 heavy (non-hydrogen) atoms. The van der Waals surface area contributed by atoms with E-state index in [1.165, 1.54) is 25.7 Å². The molecule has 1 rings (SSSR count). The highest BCUT2D eigenvalue weighted by Crippen LogP contribution is 2.34. The van der Waals surface area contributed by atoms with E-state index in [-0.39, 0.29) is 5.41 Å². The topological polar surface area (TPSA) is 35.8 Å². The van der Waals surface area contributed by atoms with Crippen molar-refractivity contribution in [3.63, 3.8) is 0 Å². The Balaban J connectivity index is 2.13. The van der Waals surface area contributed by atoms with Crippen LogP contribution in [0.25, 0.3) is 0 Å². The van der Waals surface area contributed by atoms with Crippen LogP contribution in [0, 0.1) is 22.7 Å². The minimum atomic E-state index is -0.176. The van der Waals surface area contributed by atoms with Gasteiger partial charge in [0, 0.05) is 6.04 Å². The minimum Gasteiger partial charge on any atom is -0.314 e. The van der Waals surface area contributed by atoms with E-state index in [9.17, 15) is 0 Å². The van der Waals surface area contributed by atoms with Gasteiger partial charge in [-0.1, -0.05) is 19.8 Å². The first-order valence-electron chi connectivity index (χ1n) is 6.22. The zero-order valence-corrected chi connectivity index (χ0v) is 10.3. The molecule has 0 aromatic rings. The SMILES string of the molecule is CCC(CC1CC1)NCCC(C)(C)C#N. The average Bonchev–Trinajstić information content (AvgIpc) is 3.00. The van der Waals surface area contributed by atoms with Crippen molar-refractivity contribution in [3.8, 4) is 6.07 Å². The van der Waals surface area contributed by atoms with Crippen molar-refractivity contribution in [2.45, 2.75) is 58.9 Å². The predicted octanol–water partition coefficient (Wildman–Crippen LogP) is 3.09. The Hall–Kier alpha value is -0.550. The molecule has 1 aliphatic rings. The standard InChI is InChI=1S/C13H24N2/c1-4-12(9-11-5-6-11)15-8-7-13(2,3)10-14/h11-12,15H,4-9H2,1-3H3. The summed E-state index contributed by atoms with van der Waals surface area (Å²) in [5.41, 5.74) is -0.176. The maximum atomic E-state index is 8.89. The Labute approximate surface area is 94.1 Å². The molecule has 1 N–H and O–H groups in total. The van der Waals surface area contributed by atoms with Crippen molar-refractivity contribution in [1.82, 2.24) is 5.32 Å². The van der Waals surface area contributed by atoms with Crippen molar-refractivity contribution < 1.29 is 0 Å². The van der Waals surface area contributed by atoms with Gasteiger partial charge in [0.2, 0.25) is 0 Å². The number of hydrogen-bond acceptors (Lipinski definition) is 2. The average molecular weight is 208 g/mol. The molecule has 1 fully saturated rings. The van der Waals surface area contributed by atoms with Gasteiger partial charge in [-0.3, -0.25) is 0 Å². The highest BCUT2D eigenvalue weighted by Gasteiger charge is 2.24. The summed E-state index contributed by atoms with van der Waals surface area (Å²) in [7, 11) is 0. The van der Waals surface area contributed by atoms with Crippen LogP contribution in [-0.4, -0.2) is 12.6 Å². The summed E-state index contributed by atoms with van der Waals surface area (Å²) >= 11 is 0. The lowest BCUT2D eigenvalue weighted by Gasteiger charge is -2.20. The highest BCUT2D eigenvalue weighted by molar-refractivity contribution is 4.92. The van der Waals surface area contributed by atoms with Gasteiger partial charge in [-0.15, -0.1) is 0 Å². The van der Waals surface area contributed by atoms with Crippen LogP contribution in [-0.2, 0) is 0 Å². The first-order chi connectivity index (χ1) is 7.07. The zero-order valence-electron chi connectivity index (χ0n) is 10.3. The zero-order chi connectivity index (χ0) is 11.3. The Morgan fingerprint density at radius 2 is 2.13 bits per heavy atom. The molecule has 0 amide bonds. The van der Waals surface area contributed by atoms with Gasteiger partial charge in [-0.05, 0) is 45.6 Å². The molecule has 0 spiro atoms. The molecule has 0 aromatic heterocycles. The molecular weight excluding hydrogens is 184 g/mol. The van der Waals surface area contributed by atoms with Crippen molar-refractivity contribution in [3.05, 3.63) is 0 Å². The predicted molar refractivity (Wildman–Crippen MR) is 63.4 cm³/mol. The summed E-state index contributed by atoms with van der Waals surface area (Å²) in [6, 6.07) is 3.02. The van der Waals surface area contributed by atoms with Crippen LogP contribution in [0.15, 0.2) is 0 Å². The van der Waals surface area contributed by atoms with Crippen LogP contribution < -0.4 is 5.32 Å². The minimum absolute atomic E-state index is 0.176. The quantitative estimate of drug-likeness (QED) is 0.698. The van der Waals surface area contributed by atoms with Crippen molar-refractivity contribution in [2.75, 3.05) is 6.54 Å². The third kappa shape index (κ3) is 5.18. The van der Waals surface area contributed by atoms with Gasteiger partial charge in [0.05, 0.1) is 11.5 Å². The maximum Gasteiger partial charge on any atom is 0.0684 e. The summed E-state index contributed by atoms with van der Waals surface area (Å²) in [6.07, 6.45) is 6.36. The van der Waals surface area contributed by atoms with Crippen molar-refractivity contribution in [1.29, 1.82) is 5.26 Å². The van der Waals surface area contributed by atoms with Gasteiger partial charge in [-0.2, -0.15) is 5.26 Å².